The second-order valence-corrected chi connectivity index (χ2v) is 3.87. The first kappa shape index (κ1) is 14.2. The van der Waals surface area contributed by atoms with Crippen molar-refractivity contribution < 1.29 is 23.8 Å². The molecule has 0 fully saturated rings. The van der Waals surface area contributed by atoms with Gasteiger partial charge in [-0.05, 0) is 18.9 Å². The molecule has 1 aliphatic heterocycles. The highest BCUT2D eigenvalue weighted by Crippen LogP contribution is 2.27. The summed E-state index contributed by atoms with van der Waals surface area (Å²) < 4.78 is 14.7. The second kappa shape index (κ2) is 6.17. The average molecular weight is 253 g/mol. The second-order valence-electron chi connectivity index (χ2n) is 3.87. The fourth-order valence-electron chi connectivity index (χ4n) is 1.71. The molecule has 0 saturated carbocycles. The van der Waals surface area contributed by atoms with Crippen molar-refractivity contribution in [2.75, 3.05) is 14.2 Å². The molecule has 0 aliphatic carbocycles. The normalized spacial score (nSPS) is 23.3. The zero-order chi connectivity index (χ0) is 13.6. The Morgan fingerprint density at radius 3 is 2.78 bits per heavy atom. The van der Waals surface area contributed by atoms with Gasteiger partial charge in [0, 0.05) is 19.6 Å². The number of hydrogen-bond acceptors (Lipinski definition) is 6. The van der Waals surface area contributed by atoms with Crippen LogP contribution in [0.5, 0.6) is 0 Å². The summed E-state index contributed by atoms with van der Waals surface area (Å²) in [6, 6.07) is 1.88. The van der Waals surface area contributed by atoms with Gasteiger partial charge in [0.15, 0.2) is 0 Å². The Balaban J connectivity index is 2.46. The molecular formula is C12H15NO5. The van der Waals surface area contributed by atoms with E-state index in [4.69, 9.17) is 14.7 Å². The van der Waals surface area contributed by atoms with Gasteiger partial charge >= 0.3 is 11.9 Å². The van der Waals surface area contributed by atoms with Gasteiger partial charge in [-0.3, -0.25) is 4.79 Å². The highest BCUT2D eigenvalue weighted by molar-refractivity contribution is 5.84. The van der Waals surface area contributed by atoms with Crippen LogP contribution in [0, 0.1) is 17.2 Å². The Labute approximate surface area is 105 Å². The quantitative estimate of drug-likeness (QED) is 0.654. The van der Waals surface area contributed by atoms with Crippen LogP contribution in [-0.2, 0) is 23.8 Å². The van der Waals surface area contributed by atoms with Crippen molar-refractivity contribution >= 4 is 11.9 Å². The van der Waals surface area contributed by atoms with E-state index in [0.717, 1.165) is 0 Å². The number of rotatable bonds is 6. The third kappa shape index (κ3) is 3.31. The number of hydrogen-bond donors (Lipinski definition) is 0. The van der Waals surface area contributed by atoms with Crippen LogP contribution in [0.2, 0.25) is 0 Å². The molecule has 0 amide bonds. The number of nitriles is 1. The number of nitrogens with zero attached hydrogens (tertiary/aromatic N) is 1. The predicted octanol–water partition coefficient (Wildman–Crippen LogP) is 0.925. The zero-order valence-corrected chi connectivity index (χ0v) is 10.3. The molecule has 0 aromatic heterocycles. The lowest BCUT2D eigenvalue weighted by Crippen LogP contribution is -2.30. The van der Waals surface area contributed by atoms with Crippen LogP contribution in [0.1, 0.15) is 19.3 Å². The van der Waals surface area contributed by atoms with Crippen LogP contribution in [0.15, 0.2) is 12.2 Å². The predicted molar refractivity (Wildman–Crippen MR) is 59.9 cm³/mol. The Kier molecular flexibility index (Phi) is 4.86. The molecule has 18 heavy (non-hydrogen) atoms. The van der Waals surface area contributed by atoms with E-state index in [1.54, 1.807) is 0 Å². The molecule has 1 aliphatic rings. The molecule has 0 N–H and O–H groups in total. The highest BCUT2D eigenvalue weighted by atomic mass is 16.7. The van der Waals surface area contributed by atoms with Gasteiger partial charge in [0.2, 0.25) is 5.79 Å². The van der Waals surface area contributed by atoms with Crippen LogP contribution >= 0.6 is 0 Å². The van der Waals surface area contributed by atoms with Crippen LogP contribution in [0.3, 0.4) is 0 Å². The maximum Gasteiger partial charge on any atom is 0.333 e. The maximum atomic E-state index is 11.2. The summed E-state index contributed by atoms with van der Waals surface area (Å²) in [6.45, 7) is 0. The summed E-state index contributed by atoms with van der Waals surface area (Å²) in [4.78, 5) is 22.2. The van der Waals surface area contributed by atoms with Gasteiger partial charge < -0.3 is 14.2 Å². The molecular weight excluding hydrogens is 238 g/mol. The van der Waals surface area contributed by atoms with E-state index in [1.807, 2.05) is 6.07 Å². The molecule has 2 atom stereocenters. The average Bonchev–Trinajstić information content (AvgIpc) is 2.76. The minimum Gasteiger partial charge on any atom is -0.468 e. The molecule has 0 aromatic rings. The first-order valence-corrected chi connectivity index (χ1v) is 5.51. The van der Waals surface area contributed by atoms with Crippen molar-refractivity contribution in [2.24, 2.45) is 5.92 Å². The minimum absolute atomic E-state index is 0.333. The molecule has 2 unspecified atom stereocenters. The van der Waals surface area contributed by atoms with Crippen LogP contribution in [-0.4, -0.2) is 31.9 Å². The smallest absolute Gasteiger partial charge is 0.333 e. The Morgan fingerprint density at radius 2 is 2.33 bits per heavy atom. The molecule has 6 heteroatoms. The van der Waals surface area contributed by atoms with E-state index in [-0.39, 0.29) is 0 Å². The topological polar surface area (TPSA) is 85.6 Å². The maximum absolute atomic E-state index is 11.2. The van der Waals surface area contributed by atoms with Gasteiger partial charge in [-0.25, -0.2) is 4.79 Å². The lowest BCUT2D eigenvalue weighted by molar-refractivity contribution is -0.191. The number of carbonyl (C=O) groups excluding carboxylic acids is 2. The summed E-state index contributed by atoms with van der Waals surface area (Å²) in [5.74, 6) is -2.87. The molecule has 0 saturated heterocycles. The molecule has 0 radical (unpaired) electrons. The summed E-state index contributed by atoms with van der Waals surface area (Å²) in [5, 5.41) is 8.80. The number of ether oxygens (including phenoxy) is 3. The van der Waals surface area contributed by atoms with Crippen molar-refractivity contribution in [2.45, 2.75) is 25.0 Å². The van der Waals surface area contributed by atoms with Gasteiger partial charge in [-0.2, -0.15) is 5.26 Å². The van der Waals surface area contributed by atoms with Gasteiger partial charge in [-0.15, -0.1) is 0 Å². The Morgan fingerprint density at radius 1 is 1.61 bits per heavy atom. The first-order valence-electron chi connectivity index (χ1n) is 5.51. The van der Waals surface area contributed by atoms with Crippen LogP contribution < -0.4 is 0 Å². The summed E-state index contributed by atoms with van der Waals surface area (Å²) in [6.07, 6.45) is 4.06. The lowest BCUT2D eigenvalue weighted by atomic mass is 10.0. The van der Waals surface area contributed by atoms with Crippen molar-refractivity contribution in [1.82, 2.24) is 0 Å². The van der Waals surface area contributed by atoms with Crippen LogP contribution in [0.4, 0.5) is 0 Å². The van der Waals surface area contributed by atoms with E-state index >= 15 is 0 Å². The fourth-order valence-corrected chi connectivity index (χ4v) is 1.71. The van der Waals surface area contributed by atoms with Crippen molar-refractivity contribution in [1.29, 1.82) is 5.26 Å². The standard InChI is InChI=1S/C12H15NO5/c1-16-11(15)9(8-13)4-3-6-12(17-2)7-5-10(14)18-12/h5,7,9H,3-4,6H2,1-2H3. The molecule has 0 aromatic carbocycles. The van der Waals surface area contributed by atoms with E-state index in [2.05, 4.69) is 4.74 Å². The Bertz CT molecular complexity index is 398. The zero-order valence-electron chi connectivity index (χ0n) is 10.3. The monoisotopic (exact) mass is 253 g/mol. The van der Waals surface area contributed by atoms with Gasteiger partial charge in [0.05, 0.1) is 13.2 Å². The van der Waals surface area contributed by atoms with E-state index in [0.29, 0.717) is 19.3 Å². The Hall–Kier alpha value is -1.87. The summed E-state index contributed by atoms with van der Waals surface area (Å²) in [5.41, 5.74) is 0. The highest BCUT2D eigenvalue weighted by Gasteiger charge is 2.35. The van der Waals surface area contributed by atoms with E-state index in [1.165, 1.54) is 26.4 Å². The number of methoxy groups -OCH3 is 2. The summed E-state index contributed by atoms with van der Waals surface area (Å²) in [7, 11) is 2.68. The van der Waals surface area contributed by atoms with E-state index in [9.17, 15) is 9.59 Å². The molecule has 6 nitrogen and oxygen atoms in total. The minimum atomic E-state index is -1.06. The summed E-state index contributed by atoms with van der Waals surface area (Å²) >= 11 is 0. The molecule has 0 bridgehead atoms. The number of cyclic esters (lactones) is 1. The van der Waals surface area contributed by atoms with Gasteiger partial charge in [0.1, 0.15) is 5.92 Å². The van der Waals surface area contributed by atoms with Crippen LogP contribution in [0.25, 0.3) is 0 Å². The lowest BCUT2D eigenvalue weighted by Gasteiger charge is -2.24. The SMILES string of the molecule is COC(=O)C(C#N)CCCC1(OC)C=CC(=O)O1. The largest absolute Gasteiger partial charge is 0.468 e. The fraction of sp³-hybridized carbons (Fsp3) is 0.583. The molecule has 1 rings (SSSR count). The van der Waals surface area contributed by atoms with Gasteiger partial charge in [0.25, 0.3) is 0 Å². The molecule has 0 spiro atoms. The molecule has 1 heterocycles. The molecule has 98 valence electrons. The number of carbonyl (C=O) groups is 2. The van der Waals surface area contributed by atoms with E-state index < -0.39 is 23.6 Å². The van der Waals surface area contributed by atoms with Gasteiger partial charge in [-0.1, -0.05) is 0 Å². The third-order valence-electron chi connectivity index (χ3n) is 2.75. The number of esters is 2. The van der Waals surface area contributed by atoms with Crippen molar-refractivity contribution in [3.63, 3.8) is 0 Å². The van der Waals surface area contributed by atoms with Crippen molar-refractivity contribution in [3.8, 4) is 6.07 Å². The van der Waals surface area contributed by atoms with Crippen molar-refractivity contribution in [3.05, 3.63) is 12.2 Å². The third-order valence-corrected chi connectivity index (χ3v) is 2.75. The first-order chi connectivity index (χ1) is 8.56.